The second-order valence-electron chi connectivity index (χ2n) is 3.61. The zero-order chi connectivity index (χ0) is 12.8. The lowest BCUT2D eigenvalue weighted by Gasteiger charge is -2.32. The molecule has 1 atom stereocenters. The number of amides is 1. The number of thioether (sulfide) groups is 2. The molecule has 0 aromatic rings. The Bertz CT molecular complexity index is 321. The van der Waals surface area contributed by atoms with Gasteiger partial charge in [0.1, 0.15) is 6.04 Å². The summed E-state index contributed by atoms with van der Waals surface area (Å²) < 4.78 is 0. The summed E-state index contributed by atoms with van der Waals surface area (Å²) in [6, 6.07) is -0.719. The summed E-state index contributed by atoms with van der Waals surface area (Å²) in [6.45, 7) is 1.93. The number of carbonyl (C=O) groups is 3. The standard InChI is InChI=1S/C10H15NO4S2/c1-7(12)17-4-2-9(13)11-3-5-16-6-8(11)10(14)15/h8H,2-6H2,1H3,(H,14,15)/t8-/m0/s1. The highest BCUT2D eigenvalue weighted by Gasteiger charge is 2.31. The number of rotatable bonds is 4. The van der Waals surface area contributed by atoms with Crippen molar-refractivity contribution in [2.75, 3.05) is 23.8 Å². The van der Waals surface area contributed by atoms with E-state index in [0.717, 1.165) is 17.5 Å². The molecule has 0 unspecified atom stereocenters. The number of hydrogen-bond donors (Lipinski definition) is 1. The van der Waals surface area contributed by atoms with Crippen LogP contribution in [0.2, 0.25) is 0 Å². The molecule has 1 saturated heterocycles. The van der Waals surface area contributed by atoms with Crippen molar-refractivity contribution >= 4 is 40.5 Å². The fraction of sp³-hybridized carbons (Fsp3) is 0.700. The molecule has 0 aromatic heterocycles. The van der Waals surface area contributed by atoms with Crippen LogP contribution in [-0.4, -0.2) is 56.8 Å². The van der Waals surface area contributed by atoms with Gasteiger partial charge in [0.15, 0.2) is 5.12 Å². The lowest BCUT2D eigenvalue weighted by atomic mass is 10.2. The van der Waals surface area contributed by atoms with Gasteiger partial charge in [-0.2, -0.15) is 11.8 Å². The molecule has 96 valence electrons. The van der Waals surface area contributed by atoms with Gasteiger partial charge in [0.25, 0.3) is 0 Å². The van der Waals surface area contributed by atoms with E-state index in [0.29, 0.717) is 18.1 Å². The highest BCUT2D eigenvalue weighted by atomic mass is 32.2. The number of carboxylic acid groups (broad SMARTS) is 1. The first-order valence-electron chi connectivity index (χ1n) is 5.25. The van der Waals surface area contributed by atoms with Crippen LogP contribution < -0.4 is 0 Å². The number of aliphatic carboxylic acids is 1. The first-order valence-corrected chi connectivity index (χ1v) is 7.39. The van der Waals surface area contributed by atoms with Crippen LogP contribution in [0.1, 0.15) is 13.3 Å². The van der Waals surface area contributed by atoms with Crippen molar-refractivity contribution in [2.24, 2.45) is 0 Å². The minimum Gasteiger partial charge on any atom is -0.480 e. The molecule has 0 spiro atoms. The molecule has 1 aliphatic heterocycles. The Morgan fingerprint density at radius 2 is 2.18 bits per heavy atom. The largest absolute Gasteiger partial charge is 0.480 e. The minimum absolute atomic E-state index is 0.0261. The SMILES string of the molecule is CC(=O)SCCC(=O)N1CCSC[C@H]1C(=O)O. The maximum absolute atomic E-state index is 11.8. The molecule has 1 N–H and O–H groups in total. The van der Waals surface area contributed by atoms with Gasteiger partial charge in [0.2, 0.25) is 5.91 Å². The molecule has 1 heterocycles. The monoisotopic (exact) mass is 277 g/mol. The first kappa shape index (κ1) is 14.4. The Balaban J connectivity index is 2.47. The lowest BCUT2D eigenvalue weighted by Crippen LogP contribution is -2.50. The molecule has 0 bridgehead atoms. The zero-order valence-electron chi connectivity index (χ0n) is 9.55. The van der Waals surface area contributed by atoms with E-state index < -0.39 is 12.0 Å². The van der Waals surface area contributed by atoms with Gasteiger partial charge in [-0.05, 0) is 0 Å². The Morgan fingerprint density at radius 1 is 1.47 bits per heavy atom. The van der Waals surface area contributed by atoms with Crippen molar-refractivity contribution in [3.63, 3.8) is 0 Å². The second kappa shape index (κ2) is 6.90. The van der Waals surface area contributed by atoms with E-state index in [1.54, 1.807) is 11.8 Å². The first-order chi connectivity index (χ1) is 8.02. The van der Waals surface area contributed by atoms with Gasteiger partial charge in [-0.1, -0.05) is 11.8 Å². The molecule has 1 aliphatic rings. The quantitative estimate of drug-likeness (QED) is 0.814. The van der Waals surface area contributed by atoms with Crippen molar-refractivity contribution in [1.29, 1.82) is 0 Å². The molecule has 1 fully saturated rings. The Hall–Kier alpha value is -0.690. The molecule has 0 radical (unpaired) electrons. The van der Waals surface area contributed by atoms with Crippen LogP contribution in [0.5, 0.6) is 0 Å². The summed E-state index contributed by atoms with van der Waals surface area (Å²) in [6.07, 6.45) is 0.221. The average Bonchev–Trinajstić information content (AvgIpc) is 2.28. The number of hydrogen-bond acceptors (Lipinski definition) is 5. The molecule has 1 amide bonds. The third-order valence-electron chi connectivity index (χ3n) is 2.36. The van der Waals surface area contributed by atoms with Crippen LogP contribution >= 0.6 is 23.5 Å². The third kappa shape index (κ3) is 4.59. The third-order valence-corrected chi connectivity index (χ3v) is 4.19. The van der Waals surface area contributed by atoms with Crippen LogP contribution in [0.15, 0.2) is 0 Å². The van der Waals surface area contributed by atoms with E-state index in [9.17, 15) is 14.4 Å². The average molecular weight is 277 g/mol. The number of nitrogens with zero attached hydrogens (tertiary/aromatic N) is 1. The Morgan fingerprint density at radius 3 is 2.76 bits per heavy atom. The fourth-order valence-electron chi connectivity index (χ4n) is 1.53. The smallest absolute Gasteiger partial charge is 0.327 e. The predicted molar refractivity (Wildman–Crippen MR) is 68.2 cm³/mol. The molecule has 7 heteroatoms. The van der Waals surface area contributed by atoms with E-state index in [1.807, 2.05) is 0 Å². The predicted octanol–water partition coefficient (Wildman–Crippen LogP) is 0.685. The van der Waals surface area contributed by atoms with Gasteiger partial charge in [-0.15, -0.1) is 0 Å². The van der Waals surface area contributed by atoms with Gasteiger partial charge in [-0.25, -0.2) is 4.79 Å². The molecule has 0 aromatic carbocycles. The molecule has 0 saturated carbocycles. The zero-order valence-corrected chi connectivity index (χ0v) is 11.2. The molecule has 1 rings (SSSR count). The van der Waals surface area contributed by atoms with Crippen LogP contribution in [0.25, 0.3) is 0 Å². The topological polar surface area (TPSA) is 74.7 Å². The summed E-state index contributed by atoms with van der Waals surface area (Å²) in [5.74, 6) is 0.511. The van der Waals surface area contributed by atoms with Crippen molar-refractivity contribution in [1.82, 2.24) is 4.90 Å². The van der Waals surface area contributed by atoms with Crippen molar-refractivity contribution in [2.45, 2.75) is 19.4 Å². The summed E-state index contributed by atoms with van der Waals surface area (Å²) >= 11 is 2.64. The normalized spacial score (nSPS) is 20.1. The highest BCUT2D eigenvalue weighted by molar-refractivity contribution is 8.13. The molecular weight excluding hydrogens is 262 g/mol. The minimum atomic E-state index is -0.954. The molecule has 0 aliphatic carbocycles. The van der Waals surface area contributed by atoms with E-state index in [1.165, 1.54) is 11.8 Å². The fourth-order valence-corrected chi connectivity index (χ4v) is 3.13. The maximum Gasteiger partial charge on any atom is 0.327 e. The Labute approximate surface area is 108 Å². The molecular formula is C10H15NO4S2. The van der Waals surface area contributed by atoms with Crippen LogP contribution in [-0.2, 0) is 14.4 Å². The maximum atomic E-state index is 11.8. The van der Waals surface area contributed by atoms with Gasteiger partial charge in [-0.3, -0.25) is 9.59 Å². The van der Waals surface area contributed by atoms with Gasteiger partial charge in [0.05, 0.1) is 0 Å². The van der Waals surface area contributed by atoms with E-state index in [-0.39, 0.29) is 17.4 Å². The van der Waals surface area contributed by atoms with Crippen molar-refractivity contribution in [3.05, 3.63) is 0 Å². The van der Waals surface area contributed by atoms with Crippen molar-refractivity contribution < 1.29 is 19.5 Å². The summed E-state index contributed by atoms with van der Waals surface area (Å²) in [7, 11) is 0. The second-order valence-corrected chi connectivity index (χ2v) is 6.03. The Kier molecular flexibility index (Phi) is 5.84. The summed E-state index contributed by atoms with van der Waals surface area (Å²) in [5, 5.41) is 8.98. The highest BCUT2D eigenvalue weighted by Crippen LogP contribution is 2.18. The summed E-state index contributed by atoms with van der Waals surface area (Å²) in [4.78, 5) is 34.9. The van der Waals surface area contributed by atoms with E-state index >= 15 is 0 Å². The number of carboxylic acids is 1. The number of carbonyl (C=O) groups excluding carboxylic acids is 2. The van der Waals surface area contributed by atoms with E-state index in [4.69, 9.17) is 5.11 Å². The lowest BCUT2D eigenvalue weighted by molar-refractivity contribution is -0.149. The van der Waals surface area contributed by atoms with Crippen LogP contribution in [0.3, 0.4) is 0 Å². The molecule has 5 nitrogen and oxygen atoms in total. The van der Waals surface area contributed by atoms with Crippen molar-refractivity contribution in [3.8, 4) is 0 Å². The van der Waals surface area contributed by atoms with E-state index in [2.05, 4.69) is 0 Å². The van der Waals surface area contributed by atoms with Gasteiger partial charge < -0.3 is 10.0 Å². The van der Waals surface area contributed by atoms with Crippen LogP contribution in [0.4, 0.5) is 0 Å². The molecule has 17 heavy (non-hydrogen) atoms. The van der Waals surface area contributed by atoms with Gasteiger partial charge >= 0.3 is 5.97 Å². The van der Waals surface area contributed by atoms with Crippen LogP contribution in [0, 0.1) is 0 Å². The van der Waals surface area contributed by atoms with Gasteiger partial charge in [0, 0.05) is 37.1 Å². The summed E-state index contributed by atoms with van der Waals surface area (Å²) in [5.41, 5.74) is 0.